The molecule has 2 aliphatic rings. The van der Waals surface area contributed by atoms with Crippen LogP contribution in [0, 0.1) is 5.92 Å². The number of amides is 1. The van der Waals surface area contributed by atoms with Crippen molar-refractivity contribution in [3.8, 4) is 0 Å². The summed E-state index contributed by atoms with van der Waals surface area (Å²) in [5, 5.41) is 4.34. The summed E-state index contributed by atoms with van der Waals surface area (Å²) >= 11 is 0. The summed E-state index contributed by atoms with van der Waals surface area (Å²) in [5.74, 6) is 0.565. The highest BCUT2D eigenvalue weighted by molar-refractivity contribution is 5.86. The average Bonchev–Trinajstić information content (AvgIpc) is 2.92. The van der Waals surface area contributed by atoms with Crippen LogP contribution in [-0.2, 0) is 16.6 Å². The van der Waals surface area contributed by atoms with Gasteiger partial charge in [-0.2, -0.15) is 5.10 Å². The fourth-order valence-corrected chi connectivity index (χ4v) is 4.38. The fraction of sp³-hybridized carbons (Fsp3) is 0.778. The third kappa shape index (κ3) is 2.97. The van der Waals surface area contributed by atoms with E-state index < -0.39 is 5.60 Å². The fourth-order valence-electron chi connectivity index (χ4n) is 4.38. The number of aryl methyl sites for hydroxylation is 1. The van der Waals surface area contributed by atoms with E-state index in [2.05, 4.69) is 23.1 Å². The predicted octanol–water partition coefficient (Wildman–Crippen LogP) is 1.83. The second kappa shape index (κ2) is 6.84. The normalized spacial score (nSPS) is 26.8. The van der Waals surface area contributed by atoms with Crippen LogP contribution in [0.15, 0.2) is 12.3 Å². The number of carbonyl (C=O) groups is 1. The topological polar surface area (TPSA) is 50.6 Å². The van der Waals surface area contributed by atoms with E-state index in [4.69, 9.17) is 4.74 Å². The van der Waals surface area contributed by atoms with Crippen molar-refractivity contribution in [3.63, 3.8) is 0 Å². The SMILES string of the molecule is COC1(C(=O)N(C)C[C@@H]2CCCN(C)[C@H]2c2ccnn2C)CCC1. The number of aromatic nitrogens is 2. The Morgan fingerprint density at radius 2 is 2.17 bits per heavy atom. The zero-order valence-electron chi connectivity index (χ0n) is 15.4. The average molecular weight is 334 g/mol. The van der Waals surface area contributed by atoms with Gasteiger partial charge < -0.3 is 9.64 Å². The molecule has 2 fully saturated rings. The molecule has 0 spiro atoms. The van der Waals surface area contributed by atoms with Gasteiger partial charge in [-0.25, -0.2) is 0 Å². The molecule has 1 aliphatic heterocycles. The molecule has 24 heavy (non-hydrogen) atoms. The van der Waals surface area contributed by atoms with Gasteiger partial charge in [0.15, 0.2) is 0 Å². The number of carbonyl (C=O) groups excluding carboxylic acids is 1. The van der Waals surface area contributed by atoms with Crippen LogP contribution in [0.5, 0.6) is 0 Å². The quantitative estimate of drug-likeness (QED) is 0.824. The Bertz CT molecular complexity index is 576. The van der Waals surface area contributed by atoms with Gasteiger partial charge in [-0.15, -0.1) is 0 Å². The molecule has 0 bridgehead atoms. The van der Waals surface area contributed by atoms with Crippen LogP contribution >= 0.6 is 0 Å². The highest BCUT2D eigenvalue weighted by Gasteiger charge is 2.46. The molecule has 1 saturated carbocycles. The smallest absolute Gasteiger partial charge is 0.254 e. The van der Waals surface area contributed by atoms with E-state index in [0.717, 1.165) is 38.8 Å². The monoisotopic (exact) mass is 334 g/mol. The second-order valence-corrected chi connectivity index (χ2v) is 7.45. The lowest BCUT2D eigenvalue weighted by atomic mass is 9.78. The van der Waals surface area contributed by atoms with Crippen molar-refractivity contribution >= 4 is 5.91 Å². The van der Waals surface area contributed by atoms with Gasteiger partial charge in [-0.1, -0.05) is 0 Å². The molecular formula is C18H30N4O2. The lowest BCUT2D eigenvalue weighted by molar-refractivity contribution is -0.165. The Balaban J connectivity index is 1.74. The summed E-state index contributed by atoms with van der Waals surface area (Å²) < 4.78 is 7.53. The summed E-state index contributed by atoms with van der Waals surface area (Å²) in [6, 6.07) is 2.41. The van der Waals surface area contributed by atoms with Gasteiger partial charge in [-0.3, -0.25) is 14.4 Å². The molecule has 6 nitrogen and oxygen atoms in total. The van der Waals surface area contributed by atoms with Gasteiger partial charge in [-0.05, 0) is 57.7 Å². The van der Waals surface area contributed by atoms with E-state index in [1.807, 2.05) is 29.9 Å². The maximum atomic E-state index is 12.9. The van der Waals surface area contributed by atoms with E-state index >= 15 is 0 Å². The van der Waals surface area contributed by atoms with Gasteiger partial charge in [0.1, 0.15) is 5.60 Å². The molecule has 6 heteroatoms. The molecule has 0 radical (unpaired) electrons. The summed E-state index contributed by atoms with van der Waals surface area (Å²) in [6.45, 7) is 1.86. The van der Waals surface area contributed by atoms with Gasteiger partial charge in [0, 0.05) is 33.9 Å². The molecule has 1 saturated heterocycles. The molecule has 1 amide bonds. The van der Waals surface area contributed by atoms with Crippen molar-refractivity contribution in [1.29, 1.82) is 0 Å². The maximum absolute atomic E-state index is 12.9. The molecule has 1 aliphatic carbocycles. The molecule has 134 valence electrons. The number of nitrogens with zero attached hydrogens (tertiary/aromatic N) is 4. The number of rotatable bonds is 5. The molecule has 2 atom stereocenters. The van der Waals surface area contributed by atoms with E-state index in [-0.39, 0.29) is 5.91 Å². The summed E-state index contributed by atoms with van der Waals surface area (Å²) in [6.07, 6.45) is 6.95. The molecule has 1 aromatic heterocycles. The number of likely N-dealkylation sites (N-methyl/N-ethyl adjacent to an activating group) is 1. The Hall–Kier alpha value is -1.40. The second-order valence-electron chi connectivity index (χ2n) is 7.45. The molecule has 1 aromatic rings. The minimum atomic E-state index is -0.558. The Morgan fingerprint density at radius 1 is 1.42 bits per heavy atom. The largest absolute Gasteiger partial charge is 0.368 e. The number of methoxy groups -OCH3 is 1. The van der Waals surface area contributed by atoms with Crippen LogP contribution in [0.2, 0.25) is 0 Å². The molecule has 0 unspecified atom stereocenters. The third-order valence-corrected chi connectivity index (χ3v) is 5.97. The third-order valence-electron chi connectivity index (χ3n) is 5.97. The molecule has 0 aromatic carbocycles. The zero-order chi connectivity index (χ0) is 17.3. The first-order valence-corrected chi connectivity index (χ1v) is 8.97. The molecular weight excluding hydrogens is 304 g/mol. The molecule has 2 heterocycles. The van der Waals surface area contributed by atoms with E-state index in [9.17, 15) is 4.79 Å². The highest BCUT2D eigenvalue weighted by atomic mass is 16.5. The summed E-state index contributed by atoms with van der Waals surface area (Å²) in [5.41, 5.74) is 0.672. The van der Waals surface area contributed by atoms with Crippen molar-refractivity contribution in [2.45, 2.75) is 43.7 Å². The molecule has 3 rings (SSSR count). The van der Waals surface area contributed by atoms with Crippen molar-refractivity contribution in [3.05, 3.63) is 18.0 Å². The Labute approximate surface area is 144 Å². The number of likely N-dealkylation sites (tertiary alicyclic amines) is 1. The molecule has 0 N–H and O–H groups in total. The number of hydrogen-bond acceptors (Lipinski definition) is 4. The van der Waals surface area contributed by atoms with Crippen LogP contribution in [0.1, 0.15) is 43.8 Å². The first kappa shape index (κ1) is 17.4. The van der Waals surface area contributed by atoms with Crippen LogP contribution in [0.25, 0.3) is 0 Å². The van der Waals surface area contributed by atoms with Crippen molar-refractivity contribution in [2.75, 3.05) is 34.3 Å². The Morgan fingerprint density at radius 3 is 2.71 bits per heavy atom. The minimum Gasteiger partial charge on any atom is -0.368 e. The zero-order valence-corrected chi connectivity index (χ0v) is 15.4. The van der Waals surface area contributed by atoms with Crippen molar-refractivity contribution in [2.24, 2.45) is 13.0 Å². The standard InChI is InChI=1S/C18H30N4O2/c1-20-12-5-7-14(16(20)15-8-11-19-22(15)3)13-21(2)17(23)18(24-4)9-6-10-18/h8,11,14,16H,5-7,9-10,12-13H2,1-4H3/t14-,16+/m0/s1. The lowest BCUT2D eigenvalue weighted by Gasteiger charge is -2.44. The predicted molar refractivity (Wildman–Crippen MR) is 92.5 cm³/mol. The summed E-state index contributed by atoms with van der Waals surface area (Å²) in [7, 11) is 7.76. The first-order valence-electron chi connectivity index (χ1n) is 8.97. The van der Waals surface area contributed by atoms with Gasteiger partial charge in [0.2, 0.25) is 0 Å². The summed E-state index contributed by atoms with van der Waals surface area (Å²) in [4.78, 5) is 17.2. The van der Waals surface area contributed by atoms with Crippen LogP contribution < -0.4 is 0 Å². The van der Waals surface area contributed by atoms with E-state index in [0.29, 0.717) is 12.0 Å². The number of hydrogen-bond donors (Lipinski definition) is 0. The van der Waals surface area contributed by atoms with Crippen LogP contribution in [-0.4, -0.2) is 65.4 Å². The van der Waals surface area contributed by atoms with Gasteiger partial charge >= 0.3 is 0 Å². The van der Waals surface area contributed by atoms with Gasteiger partial charge in [0.25, 0.3) is 5.91 Å². The minimum absolute atomic E-state index is 0.147. The number of ether oxygens (including phenoxy) is 1. The van der Waals surface area contributed by atoms with E-state index in [1.54, 1.807) is 7.11 Å². The number of piperidine rings is 1. The van der Waals surface area contributed by atoms with Gasteiger partial charge in [0.05, 0.1) is 11.7 Å². The maximum Gasteiger partial charge on any atom is 0.254 e. The van der Waals surface area contributed by atoms with Crippen LogP contribution in [0.3, 0.4) is 0 Å². The van der Waals surface area contributed by atoms with Crippen LogP contribution in [0.4, 0.5) is 0 Å². The van der Waals surface area contributed by atoms with E-state index in [1.165, 1.54) is 12.1 Å². The first-order chi connectivity index (χ1) is 11.5. The highest BCUT2D eigenvalue weighted by Crippen LogP contribution is 2.38. The van der Waals surface area contributed by atoms with Crippen molar-refractivity contribution < 1.29 is 9.53 Å². The lowest BCUT2D eigenvalue weighted by Crippen LogP contribution is -2.55. The van der Waals surface area contributed by atoms with Crippen molar-refractivity contribution in [1.82, 2.24) is 19.6 Å². The Kier molecular flexibility index (Phi) is 4.97.